The maximum atomic E-state index is 11.9. The van der Waals surface area contributed by atoms with Gasteiger partial charge in [-0.2, -0.15) is 0 Å². The van der Waals surface area contributed by atoms with Crippen molar-refractivity contribution in [2.45, 2.75) is 20.3 Å². The van der Waals surface area contributed by atoms with E-state index in [9.17, 15) is 4.79 Å². The van der Waals surface area contributed by atoms with E-state index in [4.69, 9.17) is 9.15 Å². The molecule has 134 valence electrons. The molecule has 1 aromatic heterocycles. The van der Waals surface area contributed by atoms with E-state index in [-0.39, 0.29) is 12.5 Å². The van der Waals surface area contributed by atoms with Crippen molar-refractivity contribution in [2.24, 2.45) is 0 Å². The van der Waals surface area contributed by atoms with Crippen molar-refractivity contribution < 1.29 is 13.9 Å². The minimum atomic E-state index is -0.157. The molecule has 0 atom stereocenters. The second-order valence-corrected chi connectivity index (χ2v) is 6.09. The monoisotopic (exact) mass is 350 g/mol. The fourth-order valence-electron chi connectivity index (χ4n) is 2.52. The molecule has 2 aromatic carbocycles. The van der Waals surface area contributed by atoms with E-state index < -0.39 is 0 Å². The fourth-order valence-corrected chi connectivity index (χ4v) is 2.52. The number of ether oxygens (including phenoxy) is 1. The topological polar surface area (TPSA) is 64.4 Å². The Morgan fingerprint density at radius 2 is 1.81 bits per heavy atom. The highest BCUT2D eigenvalue weighted by Gasteiger charge is 2.11. The zero-order valence-electron chi connectivity index (χ0n) is 15.0. The van der Waals surface area contributed by atoms with Crippen LogP contribution in [0.5, 0.6) is 5.75 Å². The first-order valence-electron chi connectivity index (χ1n) is 8.60. The second kappa shape index (κ2) is 8.34. The third-order valence-electron chi connectivity index (χ3n) is 3.99. The molecule has 3 rings (SSSR count). The average molecular weight is 350 g/mol. The normalized spacial score (nSPS) is 10.5. The Hall–Kier alpha value is -3.08. The number of nitrogens with zero attached hydrogens (tertiary/aromatic N) is 1. The molecule has 0 aliphatic carbocycles. The number of hydrogen-bond donors (Lipinski definition) is 1. The standard InChI is InChI=1S/C21H22N2O3/c1-15-8-10-18(11-9-15)25-14-20(24)22-13-12-19-16(2)26-21(23-19)17-6-4-3-5-7-17/h3-11H,12-14H2,1-2H3,(H,22,24). The highest BCUT2D eigenvalue weighted by Crippen LogP contribution is 2.21. The van der Waals surface area contributed by atoms with Crippen molar-refractivity contribution in [3.05, 3.63) is 71.6 Å². The summed E-state index contributed by atoms with van der Waals surface area (Å²) in [5.74, 6) is 1.90. The van der Waals surface area contributed by atoms with Gasteiger partial charge < -0.3 is 14.5 Å². The predicted octanol–water partition coefficient (Wildman–Crippen LogP) is 3.70. The molecule has 1 amide bonds. The second-order valence-electron chi connectivity index (χ2n) is 6.09. The van der Waals surface area contributed by atoms with Crippen molar-refractivity contribution in [3.63, 3.8) is 0 Å². The molecule has 1 heterocycles. The van der Waals surface area contributed by atoms with Crippen LogP contribution in [0.3, 0.4) is 0 Å². The van der Waals surface area contributed by atoms with Gasteiger partial charge >= 0.3 is 0 Å². The van der Waals surface area contributed by atoms with Crippen LogP contribution in [-0.4, -0.2) is 24.0 Å². The van der Waals surface area contributed by atoms with Gasteiger partial charge in [-0.3, -0.25) is 4.79 Å². The maximum Gasteiger partial charge on any atom is 0.257 e. The molecular formula is C21H22N2O3. The lowest BCUT2D eigenvalue weighted by molar-refractivity contribution is -0.123. The molecule has 0 bridgehead atoms. The summed E-state index contributed by atoms with van der Waals surface area (Å²) in [5.41, 5.74) is 2.95. The van der Waals surface area contributed by atoms with E-state index in [2.05, 4.69) is 10.3 Å². The maximum absolute atomic E-state index is 11.9. The minimum absolute atomic E-state index is 0.00385. The van der Waals surface area contributed by atoms with Crippen molar-refractivity contribution in [1.82, 2.24) is 10.3 Å². The smallest absolute Gasteiger partial charge is 0.257 e. The number of rotatable bonds is 7. The molecule has 3 aromatic rings. The lowest BCUT2D eigenvalue weighted by Crippen LogP contribution is -2.30. The summed E-state index contributed by atoms with van der Waals surface area (Å²) in [7, 11) is 0. The van der Waals surface area contributed by atoms with Gasteiger partial charge in [0.05, 0.1) is 5.69 Å². The number of carbonyl (C=O) groups is 1. The summed E-state index contributed by atoms with van der Waals surface area (Å²) in [6, 6.07) is 17.4. The molecule has 1 N–H and O–H groups in total. The number of aromatic nitrogens is 1. The van der Waals surface area contributed by atoms with Gasteiger partial charge in [-0.25, -0.2) is 4.98 Å². The van der Waals surface area contributed by atoms with Crippen LogP contribution in [0, 0.1) is 13.8 Å². The van der Waals surface area contributed by atoms with Crippen molar-refractivity contribution in [2.75, 3.05) is 13.2 Å². The quantitative estimate of drug-likeness (QED) is 0.706. The number of aryl methyl sites for hydroxylation is 2. The van der Waals surface area contributed by atoms with Gasteiger partial charge in [0.2, 0.25) is 5.89 Å². The lowest BCUT2D eigenvalue weighted by Gasteiger charge is -2.07. The summed E-state index contributed by atoms with van der Waals surface area (Å²) >= 11 is 0. The number of oxazole rings is 1. The number of benzene rings is 2. The van der Waals surface area contributed by atoms with Gasteiger partial charge in [0, 0.05) is 18.5 Å². The van der Waals surface area contributed by atoms with Gasteiger partial charge in [-0.1, -0.05) is 35.9 Å². The summed E-state index contributed by atoms with van der Waals surface area (Å²) < 4.78 is 11.2. The average Bonchev–Trinajstić information content (AvgIpc) is 3.03. The molecule has 5 heteroatoms. The first-order chi connectivity index (χ1) is 12.6. The predicted molar refractivity (Wildman–Crippen MR) is 100 cm³/mol. The lowest BCUT2D eigenvalue weighted by atomic mass is 10.2. The molecule has 0 spiro atoms. The molecule has 0 fully saturated rings. The van der Waals surface area contributed by atoms with Crippen LogP contribution in [0.15, 0.2) is 59.0 Å². The van der Waals surface area contributed by atoms with E-state index >= 15 is 0 Å². The summed E-state index contributed by atoms with van der Waals surface area (Å²) in [5, 5.41) is 2.84. The van der Waals surface area contributed by atoms with E-state index in [1.807, 2.05) is 68.4 Å². The summed E-state index contributed by atoms with van der Waals surface area (Å²) in [4.78, 5) is 16.4. The largest absolute Gasteiger partial charge is 0.484 e. The number of nitrogens with one attached hydrogen (secondary N) is 1. The fraction of sp³-hybridized carbons (Fsp3) is 0.238. The summed E-state index contributed by atoms with van der Waals surface area (Å²) in [6.45, 7) is 4.37. The van der Waals surface area contributed by atoms with E-state index in [0.717, 1.165) is 22.6 Å². The van der Waals surface area contributed by atoms with Crippen LogP contribution in [0.25, 0.3) is 11.5 Å². The molecule has 0 saturated heterocycles. The highest BCUT2D eigenvalue weighted by atomic mass is 16.5. The zero-order chi connectivity index (χ0) is 18.4. The van der Waals surface area contributed by atoms with Gasteiger partial charge in [0.1, 0.15) is 11.5 Å². The Bertz CT molecular complexity index is 855. The zero-order valence-corrected chi connectivity index (χ0v) is 15.0. The molecule has 0 unspecified atom stereocenters. The van der Waals surface area contributed by atoms with Gasteiger partial charge in [-0.05, 0) is 38.1 Å². The third kappa shape index (κ3) is 4.72. The Morgan fingerprint density at radius 3 is 2.54 bits per heavy atom. The van der Waals surface area contributed by atoms with Gasteiger partial charge in [-0.15, -0.1) is 0 Å². The third-order valence-corrected chi connectivity index (χ3v) is 3.99. The number of carbonyl (C=O) groups excluding carboxylic acids is 1. The molecular weight excluding hydrogens is 328 g/mol. The minimum Gasteiger partial charge on any atom is -0.484 e. The van der Waals surface area contributed by atoms with Crippen molar-refractivity contribution in [1.29, 1.82) is 0 Å². The van der Waals surface area contributed by atoms with Gasteiger partial charge in [0.25, 0.3) is 5.91 Å². The SMILES string of the molecule is Cc1ccc(OCC(=O)NCCc2nc(-c3ccccc3)oc2C)cc1. The summed E-state index contributed by atoms with van der Waals surface area (Å²) in [6.07, 6.45) is 0.610. The van der Waals surface area contributed by atoms with Crippen LogP contribution in [0.4, 0.5) is 0 Å². The van der Waals surface area contributed by atoms with E-state index in [0.29, 0.717) is 24.6 Å². The Kier molecular flexibility index (Phi) is 5.69. The van der Waals surface area contributed by atoms with E-state index in [1.165, 1.54) is 0 Å². The first kappa shape index (κ1) is 17.7. The van der Waals surface area contributed by atoms with Gasteiger partial charge in [0.15, 0.2) is 6.61 Å². The van der Waals surface area contributed by atoms with Crippen LogP contribution in [0.1, 0.15) is 17.0 Å². The van der Waals surface area contributed by atoms with Crippen LogP contribution in [-0.2, 0) is 11.2 Å². The molecule has 0 radical (unpaired) electrons. The van der Waals surface area contributed by atoms with Crippen LogP contribution >= 0.6 is 0 Å². The highest BCUT2D eigenvalue weighted by molar-refractivity contribution is 5.77. The molecule has 26 heavy (non-hydrogen) atoms. The first-order valence-corrected chi connectivity index (χ1v) is 8.60. The molecule has 0 aliphatic rings. The number of hydrogen-bond acceptors (Lipinski definition) is 4. The Morgan fingerprint density at radius 1 is 1.08 bits per heavy atom. The van der Waals surface area contributed by atoms with Crippen LogP contribution < -0.4 is 10.1 Å². The van der Waals surface area contributed by atoms with Crippen LogP contribution in [0.2, 0.25) is 0 Å². The Balaban J connectivity index is 1.46. The van der Waals surface area contributed by atoms with Crippen molar-refractivity contribution in [3.8, 4) is 17.2 Å². The molecule has 5 nitrogen and oxygen atoms in total. The molecule has 0 aliphatic heterocycles. The van der Waals surface area contributed by atoms with E-state index in [1.54, 1.807) is 0 Å². The molecule has 0 saturated carbocycles. The Labute approximate surface area is 153 Å². The number of amides is 1. The van der Waals surface area contributed by atoms with Crippen molar-refractivity contribution >= 4 is 5.91 Å².